The molecule has 34 heavy (non-hydrogen) atoms. The molecule has 178 valence electrons. The number of carbonyl (C=O) groups excluding carboxylic acids is 1. The van der Waals surface area contributed by atoms with Crippen molar-refractivity contribution in [2.24, 2.45) is 0 Å². The van der Waals surface area contributed by atoms with Crippen molar-refractivity contribution in [3.63, 3.8) is 0 Å². The zero-order valence-electron chi connectivity index (χ0n) is 18.3. The van der Waals surface area contributed by atoms with Gasteiger partial charge in [0.1, 0.15) is 28.3 Å². The number of hydrogen-bond acceptors (Lipinski definition) is 6. The number of amides is 1. The maximum Gasteiger partial charge on any atom is 0.433 e. The molecule has 1 aromatic heterocycles. The molecule has 1 unspecified atom stereocenters. The predicted octanol–water partition coefficient (Wildman–Crippen LogP) is 5.68. The summed E-state index contributed by atoms with van der Waals surface area (Å²) in [5.74, 6) is 1.76. The fourth-order valence-corrected chi connectivity index (χ4v) is 4.83. The van der Waals surface area contributed by atoms with E-state index in [2.05, 4.69) is 4.98 Å². The highest BCUT2D eigenvalue weighted by atomic mass is 32.2. The van der Waals surface area contributed by atoms with E-state index >= 15 is 0 Å². The highest BCUT2D eigenvalue weighted by Crippen LogP contribution is 2.47. The standard InChI is InChI=1S/C24H21F3N2O4S/c1-31-17-5-3-6-18(32-2)22(17)23-29(21(30)14-34-23)13-15-9-11-16(12-10-15)33-20-8-4-7-19(28-20)24(25,26)27/h3-12,23H,13-14H2,1-2H3. The lowest BCUT2D eigenvalue weighted by Crippen LogP contribution is -2.28. The van der Waals surface area contributed by atoms with E-state index in [1.165, 1.54) is 23.9 Å². The smallest absolute Gasteiger partial charge is 0.433 e. The van der Waals surface area contributed by atoms with Gasteiger partial charge < -0.3 is 19.1 Å². The first-order valence-corrected chi connectivity index (χ1v) is 11.3. The Balaban J connectivity index is 1.51. The summed E-state index contributed by atoms with van der Waals surface area (Å²) in [6.07, 6.45) is -4.55. The number of pyridine rings is 1. The summed E-state index contributed by atoms with van der Waals surface area (Å²) >= 11 is 1.49. The molecule has 4 rings (SSSR count). The second-order valence-corrected chi connectivity index (χ2v) is 8.43. The van der Waals surface area contributed by atoms with Crippen LogP contribution in [-0.2, 0) is 17.5 Å². The Bertz CT molecular complexity index is 1150. The van der Waals surface area contributed by atoms with Gasteiger partial charge in [-0.3, -0.25) is 4.79 Å². The third-order valence-corrected chi connectivity index (χ3v) is 6.41. The van der Waals surface area contributed by atoms with Gasteiger partial charge in [0.25, 0.3) is 0 Å². The van der Waals surface area contributed by atoms with Crippen molar-refractivity contribution in [1.29, 1.82) is 0 Å². The monoisotopic (exact) mass is 490 g/mol. The van der Waals surface area contributed by atoms with Crippen LogP contribution in [-0.4, -0.2) is 35.8 Å². The quantitative estimate of drug-likeness (QED) is 0.425. The molecular weight excluding hydrogens is 469 g/mol. The van der Waals surface area contributed by atoms with Gasteiger partial charge in [0.15, 0.2) is 0 Å². The van der Waals surface area contributed by atoms with Crippen LogP contribution in [0.1, 0.15) is 22.2 Å². The van der Waals surface area contributed by atoms with Gasteiger partial charge in [-0.2, -0.15) is 13.2 Å². The molecule has 10 heteroatoms. The van der Waals surface area contributed by atoms with Gasteiger partial charge in [0, 0.05) is 12.6 Å². The van der Waals surface area contributed by atoms with Crippen molar-refractivity contribution in [3.05, 3.63) is 77.5 Å². The molecule has 0 saturated carbocycles. The van der Waals surface area contributed by atoms with Gasteiger partial charge in [-0.1, -0.05) is 24.3 Å². The van der Waals surface area contributed by atoms with Crippen molar-refractivity contribution in [2.75, 3.05) is 20.0 Å². The van der Waals surface area contributed by atoms with Gasteiger partial charge in [0.2, 0.25) is 11.8 Å². The molecule has 0 radical (unpaired) electrons. The van der Waals surface area contributed by atoms with Crippen LogP contribution in [0.2, 0.25) is 0 Å². The van der Waals surface area contributed by atoms with Gasteiger partial charge in [-0.25, -0.2) is 4.98 Å². The second-order valence-electron chi connectivity index (χ2n) is 7.37. The fourth-order valence-electron chi connectivity index (χ4n) is 3.60. The largest absolute Gasteiger partial charge is 0.496 e. The minimum Gasteiger partial charge on any atom is -0.496 e. The van der Waals surface area contributed by atoms with E-state index in [9.17, 15) is 18.0 Å². The number of alkyl halides is 3. The first-order valence-electron chi connectivity index (χ1n) is 10.2. The van der Waals surface area contributed by atoms with Crippen molar-refractivity contribution in [1.82, 2.24) is 9.88 Å². The summed E-state index contributed by atoms with van der Waals surface area (Å²) in [5.41, 5.74) is 0.600. The number of rotatable bonds is 7. The van der Waals surface area contributed by atoms with E-state index in [0.29, 0.717) is 29.5 Å². The fraction of sp³-hybridized carbons (Fsp3) is 0.250. The average molecular weight is 491 g/mol. The maximum atomic E-state index is 12.9. The van der Waals surface area contributed by atoms with E-state index in [1.807, 2.05) is 18.2 Å². The Hall–Kier alpha value is -3.40. The van der Waals surface area contributed by atoms with Gasteiger partial charge in [-0.05, 0) is 35.9 Å². The molecule has 0 aliphatic carbocycles. The Morgan fingerprint density at radius 1 is 1.00 bits per heavy atom. The SMILES string of the molecule is COc1cccc(OC)c1C1SCC(=O)N1Cc1ccc(Oc2cccc(C(F)(F)F)n2)cc1. The van der Waals surface area contributed by atoms with Crippen LogP contribution in [0, 0.1) is 0 Å². The predicted molar refractivity (Wildman–Crippen MR) is 121 cm³/mol. The summed E-state index contributed by atoms with van der Waals surface area (Å²) in [5, 5.41) is -0.288. The molecular formula is C24H21F3N2O4S. The van der Waals surface area contributed by atoms with Gasteiger partial charge >= 0.3 is 6.18 Å². The number of hydrogen-bond donors (Lipinski definition) is 0. The molecule has 2 heterocycles. The minimum atomic E-state index is -4.55. The summed E-state index contributed by atoms with van der Waals surface area (Å²) in [6.45, 7) is 0.333. The molecule has 0 N–H and O–H groups in total. The number of thioether (sulfide) groups is 1. The molecule has 2 aromatic carbocycles. The molecule has 6 nitrogen and oxygen atoms in total. The van der Waals surface area contributed by atoms with Crippen LogP contribution in [0.25, 0.3) is 0 Å². The summed E-state index contributed by atoms with van der Waals surface area (Å²) in [4.78, 5) is 17.9. The summed E-state index contributed by atoms with van der Waals surface area (Å²) in [6, 6.07) is 15.7. The third-order valence-electron chi connectivity index (χ3n) is 5.19. The molecule has 1 atom stereocenters. The number of benzene rings is 2. The Morgan fingerprint density at radius 3 is 2.26 bits per heavy atom. The van der Waals surface area contributed by atoms with Crippen molar-refractivity contribution in [3.8, 4) is 23.1 Å². The normalized spacial score (nSPS) is 16.0. The number of carbonyl (C=O) groups is 1. The highest BCUT2D eigenvalue weighted by molar-refractivity contribution is 8.00. The molecule has 0 bridgehead atoms. The molecule has 3 aromatic rings. The number of ether oxygens (including phenoxy) is 3. The Kier molecular flexibility index (Phi) is 6.87. The first-order chi connectivity index (χ1) is 16.3. The van der Waals surface area contributed by atoms with Gasteiger partial charge in [-0.15, -0.1) is 11.8 Å². The topological polar surface area (TPSA) is 60.9 Å². The summed E-state index contributed by atoms with van der Waals surface area (Å²) < 4.78 is 55.1. The number of nitrogens with zero attached hydrogens (tertiary/aromatic N) is 2. The van der Waals surface area contributed by atoms with Gasteiger partial charge in [0.05, 0.1) is 25.5 Å². The van der Waals surface area contributed by atoms with Crippen LogP contribution >= 0.6 is 11.8 Å². The van der Waals surface area contributed by atoms with E-state index in [-0.39, 0.29) is 17.2 Å². The molecule has 0 spiro atoms. The highest BCUT2D eigenvalue weighted by Gasteiger charge is 2.36. The van der Waals surface area contributed by atoms with Crippen molar-refractivity contribution in [2.45, 2.75) is 18.1 Å². The number of methoxy groups -OCH3 is 2. The molecule has 1 amide bonds. The molecule has 1 aliphatic rings. The van der Waals surface area contributed by atoms with Crippen LogP contribution in [0.5, 0.6) is 23.1 Å². The zero-order valence-corrected chi connectivity index (χ0v) is 19.2. The van der Waals surface area contributed by atoms with E-state index < -0.39 is 11.9 Å². The van der Waals surface area contributed by atoms with Crippen molar-refractivity contribution < 1.29 is 32.2 Å². The minimum absolute atomic E-state index is 0.0172. The lowest BCUT2D eigenvalue weighted by molar-refractivity contribution is -0.141. The van der Waals surface area contributed by atoms with E-state index in [0.717, 1.165) is 17.2 Å². The summed E-state index contributed by atoms with van der Waals surface area (Å²) in [7, 11) is 3.14. The molecule has 1 fully saturated rings. The van der Waals surface area contributed by atoms with E-state index in [4.69, 9.17) is 14.2 Å². The number of halogens is 3. The van der Waals surface area contributed by atoms with Crippen LogP contribution in [0.4, 0.5) is 13.2 Å². The van der Waals surface area contributed by atoms with E-state index in [1.54, 1.807) is 43.4 Å². The Morgan fingerprint density at radius 2 is 1.65 bits per heavy atom. The lowest BCUT2D eigenvalue weighted by Gasteiger charge is -2.27. The third kappa shape index (κ3) is 5.06. The Labute approximate surface area is 198 Å². The molecule has 1 saturated heterocycles. The maximum absolute atomic E-state index is 12.9. The van der Waals surface area contributed by atoms with Crippen molar-refractivity contribution >= 4 is 17.7 Å². The number of aromatic nitrogens is 1. The first kappa shape index (κ1) is 23.7. The van der Waals surface area contributed by atoms with Crippen LogP contribution in [0.3, 0.4) is 0 Å². The second kappa shape index (κ2) is 9.84. The lowest BCUT2D eigenvalue weighted by atomic mass is 10.1. The molecule has 1 aliphatic heterocycles. The van der Waals surface area contributed by atoms with Crippen LogP contribution < -0.4 is 14.2 Å². The average Bonchev–Trinajstić information content (AvgIpc) is 3.18. The van der Waals surface area contributed by atoms with Crippen LogP contribution in [0.15, 0.2) is 60.7 Å². The zero-order chi connectivity index (χ0) is 24.3.